The molecule has 0 bridgehead atoms. The van der Waals surface area contributed by atoms with E-state index in [9.17, 15) is 14.3 Å². The van der Waals surface area contributed by atoms with Crippen molar-refractivity contribution in [2.24, 2.45) is 0 Å². The Labute approximate surface area is 127 Å². The third-order valence-corrected chi connectivity index (χ3v) is 5.32. The van der Waals surface area contributed by atoms with E-state index in [4.69, 9.17) is 0 Å². The Morgan fingerprint density at radius 1 is 1.48 bits per heavy atom. The minimum absolute atomic E-state index is 0.103. The molecule has 1 amide bonds. The van der Waals surface area contributed by atoms with Gasteiger partial charge < -0.3 is 10.0 Å². The summed E-state index contributed by atoms with van der Waals surface area (Å²) >= 11 is 1.32. The van der Waals surface area contributed by atoms with Gasteiger partial charge in [-0.25, -0.2) is 4.39 Å². The Kier molecular flexibility index (Phi) is 3.50. The number of aryl methyl sites for hydroxylation is 1. The number of fused-ring (bicyclic) bond motifs is 1. The highest BCUT2D eigenvalue weighted by atomic mass is 32.1. The van der Waals surface area contributed by atoms with Crippen molar-refractivity contribution in [1.29, 1.82) is 0 Å². The first kappa shape index (κ1) is 14.5. The molecule has 112 valence electrons. The van der Waals surface area contributed by atoms with Gasteiger partial charge in [0.05, 0.1) is 23.6 Å². The number of aliphatic hydroxyl groups is 1. The molecule has 1 aliphatic rings. The normalized spacial score (nSPS) is 17.0. The molecule has 2 aromatic rings. The molecule has 1 saturated heterocycles. The number of nitrogens with zero attached hydrogens (tertiary/aromatic N) is 1. The van der Waals surface area contributed by atoms with E-state index in [-0.39, 0.29) is 11.7 Å². The number of likely N-dealkylation sites (tertiary alicyclic amines) is 1. The van der Waals surface area contributed by atoms with Crippen LogP contribution in [0.15, 0.2) is 18.2 Å². The molecule has 0 radical (unpaired) electrons. The molecule has 5 heteroatoms. The lowest BCUT2D eigenvalue weighted by Gasteiger charge is -2.46. The maximum Gasteiger partial charge on any atom is 0.264 e. The molecule has 3 rings (SSSR count). The molecular weight excluding hydrogens is 289 g/mol. The zero-order valence-electron chi connectivity index (χ0n) is 12.1. The van der Waals surface area contributed by atoms with Crippen LogP contribution < -0.4 is 0 Å². The van der Waals surface area contributed by atoms with Gasteiger partial charge in [-0.2, -0.15) is 0 Å². The van der Waals surface area contributed by atoms with Crippen molar-refractivity contribution in [3.05, 3.63) is 34.5 Å². The number of hydrogen-bond donors (Lipinski definition) is 1. The molecule has 1 aliphatic heterocycles. The van der Waals surface area contributed by atoms with Crippen molar-refractivity contribution < 1.29 is 14.3 Å². The second-order valence-electron chi connectivity index (χ2n) is 5.80. The minimum atomic E-state index is -0.736. The Morgan fingerprint density at radius 3 is 2.81 bits per heavy atom. The largest absolute Gasteiger partial charge is 0.386 e. The molecule has 0 aliphatic carbocycles. The van der Waals surface area contributed by atoms with Crippen LogP contribution in [0.2, 0.25) is 0 Å². The quantitative estimate of drug-likeness (QED) is 0.945. The van der Waals surface area contributed by atoms with E-state index in [0.29, 0.717) is 35.3 Å². The highest BCUT2D eigenvalue weighted by Gasteiger charge is 2.43. The highest BCUT2D eigenvalue weighted by molar-refractivity contribution is 7.21. The fraction of sp³-hybridized carbons (Fsp3) is 0.438. The Bertz CT molecular complexity index is 704. The maximum atomic E-state index is 13.9. The van der Waals surface area contributed by atoms with Crippen molar-refractivity contribution in [3.63, 3.8) is 0 Å². The number of carbonyl (C=O) groups excluding carboxylic acids is 1. The first-order valence-electron chi connectivity index (χ1n) is 7.14. The summed E-state index contributed by atoms with van der Waals surface area (Å²) < 4.78 is 14.7. The predicted octanol–water partition coefficient (Wildman–Crippen LogP) is 3.34. The second kappa shape index (κ2) is 5.07. The van der Waals surface area contributed by atoms with Crippen molar-refractivity contribution in [1.82, 2.24) is 4.90 Å². The molecule has 2 heterocycles. The van der Waals surface area contributed by atoms with Gasteiger partial charge in [0.2, 0.25) is 0 Å². The summed E-state index contributed by atoms with van der Waals surface area (Å²) in [7, 11) is 0. The summed E-state index contributed by atoms with van der Waals surface area (Å²) in [6, 6.07) is 4.90. The van der Waals surface area contributed by atoms with E-state index in [1.54, 1.807) is 17.9 Å². The van der Waals surface area contributed by atoms with Crippen LogP contribution in [0.3, 0.4) is 0 Å². The van der Waals surface area contributed by atoms with Crippen LogP contribution in [0.5, 0.6) is 0 Å². The van der Waals surface area contributed by atoms with E-state index in [0.717, 1.165) is 11.1 Å². The van der Waals surface area contributed by atoms with E-state index in [1.165, 1.54) is 17.4 Å². The number of halogens is 1. The molecule has 1 fully saturated rings. The lowest BCUT2D eigenvalue weighted by molar-refractivity contribution is -0.0858. The predicted molar refractivity (Wildman–Crippen MR) is 82.3 cm³/mol. The highest BCUT2D eigenvalue weighted by Crippen LogP contribution is 2.35. The summed E-state index contributed by atoms with van der Waals surface area (Å²) in [5.74, 6) is -0.389. The molecule has 21 heavy (non-hydrogen) atoms. The summed E-state index contributed by atoms with van der Waals surface area (Å²) in [5, 5.41) is 10.7. The molecule has 3 nitrogen and oxygen atoms in total. The molecule has 1 aromatic carbocycles. The maximum absolute atomic E-state index is 13.9. The second-order valence-corrected chi connectivity index (χ2v) is 6.86. The Morgan fingerprint density at radius 2 is 2.19 bits per heavy atom. The van der Waals surface area contributed by atoms with Crippen LogP contribution >= 0.6 is 11.3 Å². The molecule has 1 aromatic heterocycles. The van der Waals surface area contributed by atoms with E-state index < -0.39 is 5.60 Å². The number of carbonyl (C=O) groups is 1. The van der Waals surface area contributed by atoms with Crippen LogP contribution in [0.4, 0.5) is 4.39 Å². The third-order valence-electron chi connectivity index (χ3n) is 4.07. The molecule has 0 unspecified atom stereocenters. The van der Waals surface area contributed by atoms with E-state index in [2.05, 4.69) is 0 Å². The van der Waals surface area contributed by atoms with Crippen molar-refractivity contribution >= 4 is 27.3 Å². The van der Waals surface area contributed by atoms with E-state index >= 15 is 0 Å². The van der Waals surface area contributed by atoms with Gasteiger partial charge in [-0.1, -0.05) is 19.4 Å². The van der Waals surface area contributed by atoms with E-state index in [1.807, 2.05) is 13.0 Å². The zero-order valence-corrected chi connectivity index (χ0v) is 13.0. The number of benzene rings is 1. The summed E-state index contributed by atoms with van der Waals surface area (Å²) in [5.41, 5.74) is -0.0377. The Hall–Kier alpha value is -1.46. The first-order valence-corrected chi connectivity index (χ1v) is 7.96. The SMILES string of the molecule is CCCC1(O)CN(C(=O)c2sc3cccc(F)c3c2C)C1. The molecule has 0 spiro atoms. The van der Waals surface area contributed by atoms with Gasteiger partial charge in [0, 0.05) is 10.1 Å². The standard InChI is InChI=1S/C16H18FNO2S/c1-3-7-16(20)8-18(9-16)15(19)14-10(2)13-11(17)5-4-6-12(13)21-14/h4-6,20H,3,7-9H2,1-2H3. The first-order chi connectivity index (χ1) is 9.95. The fourth-order valence-electron chi connectivity index (χ4n) is 3.03. The van der Waals surface area contributed by atoms with Gasteiger partial charge in [0.25, 0.3) is 5.91 Å². The topological polar surface area (TPSA) is 40.5 Å². The fourth-order valence-corrected chi connectivity index (χ4v) is 4.22. The van der Waals surface area contributed by atoms with Crippen molar-refractivity contribution in [3.8, 4) is 0 Å². The number of amides is 1. The smallest absolute Gasteiger partial charge is 0.264 e. The van der Waals surface area contributed by atoms with Gasteiger partial charge in [-0.3, -0.25) is 4.79 Å². The Balaban J connectivity index is 1.87. The van der Waals surface area contributed by atoms with Gasteiger partial charge >= 0.3 is 0 Å². The molecule has 1 N–H and O–H groups in total. The average Bonchev–Trinajstić information content (AvgIpc) is 2.74. The summed E-state index contributed by atoms with van der Waals surface area (Å²) in [4.78, 5) is 14.7. The van der Waals surface area contributed by atoms with Gasteiger partial charge in [0.15, 0.2) is 0 Å². The molecule has 0 atom stereocenters. The molecular formula is C16H18FNO2S. The zero-order chi connectivity index (χ0) is 15.2. The van der Waals surface area contributed by atoms with Crippen LogP contribution in [0, 0.1) is 12.7 Å². The average molecular weight is 307 g/mol. The number of rotatable bonds is 3. The van der Waals surface area contributed by atoms with Crippen molar-refractivity contribution in [2.75, 3.05) is 13.1 Å². The van der Waals surface area contributed by atoms with Crippen molar-refractivity contribution in [2.45, 2.75) is 32.3 Å². The van der Waals surface area contributed by atoms with Crippen LogP contribution in [-0.4, -0.2) is 34.6 Å². The molecule has 0 saturated carbocycles. The van der Waals surface area contributed by atoms with Gasteiger partial charge in [0.1, 0.15) is 5.82 Å². The van der Waals surface area contributed by atoms with Crippen LogP contribution in [0.25, 0.3) is 10.1 Å². The third kappa shape index (κ3) is 2.34. The van der Waals surface area contributed by atoms with Gasteiger partial charge in [-0.15, -0.1) is 11.3 Å². The monoisotopic (exact) mass is 307 g/mol. The lowest BCUT2D eigenvalue weighted by atomic mass is 9.89. The lowest BCUT2D eigenvalue weighted by Crippen LogP contribution is -2.63. The van der Waals surface area contributed by atoms with Gasteiger partial charge in [-0.05, 0) is 31.0 Å². The number of thiophene rings is 1. The van der Waals surface area contributed by atoms with Crippen LogP contribution in [0.1, 0.15) is 35.0 Å². The minimum Gasteiger partial charge on any atom is -0.386 e. The summed E-state index contributed by atoms with van der Waals surface area (Å²) in [6.07, 6.45) is 1.60. The number of β-amino-alcohol motifs (C(OH)–C–C–N with tert-alkyl or cyclic N) is 1. The summed E-state index contributed by atoms with van der Waals surface area (Å²) in [6.45, 7) is 4.54. The van der Waals surface area contributed by atoms with Crippen LogP contribution in [-0.2, 0) is 0 Å². The number of hydrogen-bond acceptors (Lipinski definition) is 3.